The van der Waals surface area contributed by atoms with Crippen LogP contribution in [0, 0.1) is 6.92 Å². The molecule has 0 bridgehead atoms. The van der Waals surface area contributed by atoms with Crippen LogP contribution in [0.4, 0.5) is 0 Å². The van der Waals surface area contributed by atoms with Gasteiger partial charge in [-0.3, -0.25) is 0 Å². The Morgan fingerprint density at radius 3 is 2.81 bits per heavy atom. The van der Waals surface area contributed by atoms with Crippen LogP contribution in [0.25, 0.3) is 28.5 Å². The van der Waals surface area contributed by atoms with E-state index in [9.17, 15) is 0 Å². The van der Waals surface area contributed by atoms with Gasteiger partial charge in [-0.2, -0.15) is 0 Å². The summed E-state index contributed by atoms with van der Waals surface area (Å²) in [6, 6.07) is 15.3. The van der Waals surface area contributed by atoms with Gasteiger partial charge in [0.25, 0.3) is 5.82 Å². The molecule has 0 fully saturated rings. The molecule has 21 heavy (non-hydrogen) atoms. The summed E-state index contributed by atoms with van der Waals surface area (Å²) < 4.78 is 4.83. The average molecular weight is 289 g/mol. The van der Waals surface area contributed by atoms with Crippen LogP contribution >= 0.6 is 0 Å². The Labute approximate surface area is 127 Å². The number of para-hydroxylation sites is 1. The van der Waals surface area contributed by atoms with E-state index in [0.29, 0.717) is 0 Å². The number of imidazole rings is 1. The highest BCUT2D eigenvalue weighted by molar-refractivity contribution is 6.41. The molecule has 2 heterocycles. The summed E-state index contributed by atoms with van der Waals surface area (Å²) in [4.78, 5) is 0. The van der Waals surface area contributed by atoms with Gasteiger partial charge in [0, 0.05) is 5.56 Å². The molecule has 3 aromatic rings. The summed E-state index contributed by atoms with van der Waals surface area (Å²) in [6.07, 6.45) is 3.33. The van der Waals surface area contributed by atoms with Crippen LogP contribution in [-0.4, -0.2) is 14.1 Å². The second kappa shape index (κ2) is 4.71. The van der Waals surface area contributed by atoms with Crippen LogP contribution in [0.2, 0.25) is 0 Å². The number of rotatable bonds is 1. The van der Waals surface area contributed by atoms with E-state index in [2.05, 4.69) is 77.3 Å². The van der Waals surface area contributed by atoms with E-state index < -0.39 is 0 Å². The lowest BCUT2D eigenvalue weighted by molar-refractivity contribution is -0.642. The number of nitrogens with zero attached hydrogens (tertiary/aromatic N) is 2. The minimum absolute atomic E-state index is 0.827. The monoisotopic (exact) mass is 289 g/mol. The molecule has 2 nitrogen and oxygen atoms in total. The minimum Gasteiger partial charge on any atom is -0.226 e. The maximum atomic E-state index is 2.49. The van der Waals surface area contributed by atoms with Gasteiger partial charge in [0.1, 0.15) is 9.52 Å². The standard InChI is InChI=1S/C18H17N2Si/c1-13-6-3-4-8-15(13)18-19(2)16-9-5-7-14-10-11-21-12-20(18)17(14)16/h3-11H,12H2,1-2H3/q+1. The summed E-state index contributed by atoms with van der Waals surface area (Å²) in [6.45, 7) is 2.19. The second-order valence-corrected chi connectivity index (χ2v) is 6.59. The van der Waals surface area contributed by atoms with Crippen molar-refractivity contribution in [2.24, 2.45) is 7.05 Å². The highest BCUT2D eigenvalue weighted by Gasteiger charge is 2.27. The Morgan fingerprint density at radius 2 is 1.95 bits per heavy atom. The molecule has 0 saturated carbocycles. The molecular formula is C18H17N2Si+. The fourth-order valence-corrected chi connectivity index (χ4v) is 4.14. The third-order valence-corrected chi connectivity index (χ3v) is 5.17. The Bertz CT molecular complexity index is 874. The van der Waals surface area contributed by atoms with E-state index in [1.165, 1.54) is 33.5 Å². The normalized spacial score (nSPS) is 13.6. The molecular weight excluding hydrogens is 272 g/mol. The fraction of sp³-hybridized carbons (Fsp3) is 0.167. The van der Waals surface area contributed by atoms with Crippen LogP contribution in [-0.2, 0) is 13.2 Å². The van der Waals surface area contributed by atoms with Gasteiger partial charge < -0.3 is 0 Å². The minimum atomic E-state index is 0.827. The van der Waals surface area contributed by atoms with E-state index >= 15 is 0 Å². The van der Waals surface area contributed by atoms with Crippen molar-refractivity contribution in [3.63, 3.8) is 0 Å². The quantitative estimate of drug-likeness (QED) is 0.481. The summed E-state index contributed by atoms with van der Waals surface area (Å²) in [7, 11) is 3.01. The molecule has 2 aromatic carbocycles. The lowest BCUT2D eigenvalue weighted by Gasteiger charge is -2.04. The zero-order valence-electron chi connectivity index (χ0n) is 12.3. The van der Waals surface area contributed by atoms with Crippen molar-refractivity contribution in [2.75, 3.05) is 0 Å². The van der Waals surface area contributed by atoms with E-state index in [-0.39, 0.29) is 0 Å². The van der Waals surface area contributed by atoms with Crippen molar-refractivity contribution in [3.05, 3.63) is 59.3 Å². The third-order valence-electron chi connectivity index (χ3n) is 4.27. The average Bonchev–Trinajstić information content (AvgIpc) is 2.66. The zero-order chi connectivity index (χ0) is 14.4. The van der Waals surface area contributed by atoms with E-state index in [4.69, 9.17) is 0 Å². The van der Waals surface area contributed by atoms with E-state index in [1.54, 1.807) is 0 Å². The Morgan fingerprint density at radius 1 is 1.10 bits per heavy atom. The van der Waals surface area contributed by atoms with E-state index in [1.807, 2.05) is 0 Å². The first-order chi connectivity index (χ1) is 10.3. The lowest BCUT2D eigenvalue weighted by atomic mass is 10.1. The van der Waals surface area contributed by atoms with Gasteiger partial charge in [-0.15, -0.1) is 0 Å². The Hall–Kier alpha value is -2.13. The molecule has 1 aromatic heterocycles. The molecule has 0 unspecified atom stereocenters. The summed E-state index contributed by atoms with van der Waals surface area (Å²) in [5, 5.41) is 0. The highest BCUT2D eigenvalue weighted by Crippen LogP contribution is 2.27. The summed E-state index contributed by atoms with van der Waals surface area (Å²) in [5.74, 6) is 1.31. The van der Waals surface area contributed by atoms with Gasteiger partial charge in [0.15, 0.2) is 11.0 Å². The van der Waals surface area contributed by atoms with Gasteiger partial charge in [-0.1, -0.05) is 42.1 Å². The Kier molecular flexibility index (Phi) is 2.82. The molecule has 2 radical (unpaired) electrons. The second-order valence-electron chi connectivity index (χ2n) is 5.54. The molecule has 102 valence electrons. The van der Waals surface area contributed by atoms with Crippen molar-refractivity contribution in [2.45, 2.75) is 13.1 Å². The molecule has 0 N–H and O–H groups in total. The Balaban J connectivity index is 2.15. The predicted molar refractivity (Wildman–Crippen MR) is 88.1 cm³/mol. The van der Waals surface area contributed by atoms with Gasteiger partial charge in [0.05, 0.1) is 18.8 Å². The van der Waals surface area contributed by atoms with Gasteiger partial charge in [-0.05, 0) is 24.6 Å². The van der Waals surface area contributed by atoms with Crippen molar-refractivity contribution in [1.29, 1.82) is 0 Å². The molecule has 1 aliphatic rings. The summed E-state index contributed by atoms with van der Waals surface area (Å²) >= 11 is 0. The number of hydrogen-bond acceptors (Lipinski definition) is 0. The van der Waals surface area contributed by atoms with Crippen LogP contribution in [0.3, 0.4) is 0 Å². The zero-order valence-corrected chi connectivity index (χ0v) is 13.3. The first-order valence-corrected chi connectivity index (χ1v) is 8.53. The highest BCUT2D eigenvalue weighted by atomic mass is 28.2. The van der Waals surface area contributed by atoms with Crippen LogP contribution in [0.15, 0.2) is 48.2 Å². The first kappa shape index (κ1) is 12.6. The fourth-order valence-electron chi connectivity index (χ4n) is 3.25. The molecule has 0 aliphatic carbocycles. The van der Waals surface area contributed by atoms with Crippen molar-refractivity contribution >= 4 is 26.6 Å². The maximum absolute atomic E-state index is 2.49. The number of aryl methyl sites for hydroxylation is 2. The lowest BCUT2D eigenvalue weighted by Crippen LogP contribution is -2.38. The summed E-state index contributed by atoms with van der Waals surface area (Å²) in [5.41, 5.74) is 8.96. The topological polar surface area (TPSA) is 8.81 Å². The van der Waals surface area contributed by atoms with Gasteiger partial charge >= 0.3 is 0 Å². The van der Waals surface area contributed by atoms with Crippen LogP contribution in [0.1, 0.15) is 11.1 Å². The number of hydrogen-bond donors (Lipinski definition) is 0. The van der Waals surface area contributed by atoms with Crippen molar-refractivity contribution in [3.8, 4) is 11.4 Å². The third kappa shape index (κ3) is 1.81. The first-order valence-electron chi connectivity index (χ1n) is 7.24. The molecule has 0 amide bonds. The molecule has 0 atom stereocenters. The van der Waals surface area contributed by atoms with Gasteiger partial charge in [-0.25, -0.2) is 9.13 Å². The molecule has 1 aliphatic heterocycles. The number of aromatic nitrogens is 2. The SMILES string of the molecule is Cc1ccccc1-c1n(C)c2cccc3c2[n+]1C[Si]C=C3. The largest absolute Gasteiger partial charge is 0.289 e. The van der Waals surface area contributed by atoms with Crippen LogP contribution in [0.5, 0.6) is 0 Å². The van der Waals surface area contributed by atoms with Crippen LogP contribution < -0.4 is 4.57 Å². The maximum Gasteiger partial charge on any atom is 0.289 e. The molecule has 3 heteroatoms. The number of benzene rings is 2. The van der Waals surface area contributed by atoms with E-state index in [0.717, 1.165) is 15.7 Å². The predicted octanol–water partition coefficient (Wildman–Crippen LogP) is 3.09. The molecule has 0 spiro atoms. The molecule has 0 saturated heterocycles. The molecule has 4 rings (SSSR count). The smallest absolute Gasteiger partial charge is 0.226 e. The van der Waals surface area contributed by atoms with Crippen molar-refractivity contribution in [1.82, 2.24) is 4.57 Å². The van der Waals surface area contributed by atoms with Crippen molar-refractivity contribution < 1.29 is 4.57 Å². The van der Waals surface area contributed by atoms with Gasteiger partial charge in [0.2, 0.25) is 0 Å².